The molecule has 4 nitrogen and oxygen atoms in total. The van der Waals surface area contributed by atoms with Gasteiger partial charge in [-0.05, 0) is 24.6 Å². The summed E-state index contributed by atoms with van der Waals surface area (Å²) in [5.41, 5.74) is 0.790. The molecule has 0 fully saturated rings. The molecule has 1 rings (SSSR count). The highest BCUT2D eigenvalue weighted by atomic mass is 19.1. The lowest BCUT2D eigenvalue weighted by Crippen LogP contribution is -2.29. The Balaban J connectivity index is 2.23. The molecule has 2 N–H and O–H groups in total. The summed E-state index contributed by atoms with van der Waals surface area (Å²) in [5, 5.41) is 12.5. The number of hydrogen-bond acceptors (Lipinski definition) is 4. The normalized spacial score (nSPS) is 12.2. The van der Waals surface area contributed by atoms with Gasteiger partial charge >= 0.3 is 5.97 Å². The first-order valence-electron chi connectivity index (χ1n) is 5.90. The maximum atomic E-state index is 12.9. The highest BCUT2D eigenvalue weighted by Gasteiger charge is 2.10. The summed E-state index contributed by atoms with van der Waals surface area (Å²) in [6.45, 7) is 2.72. The van der Waals surface area contributed by atoms with Crippen LogP contribution >= 0.6 is 0 Å². The van der Waals surface area contributed by atoms with E-state index in [9.17, 15) is 14.3 Å². The number of esters is 1. The van der Waals surface area contributed by atoms with Crippen LogP contribution in [0, 0.1) is 5.82 Å². The van der Waals surface area contributed by atoms with Gasteiger partial charge in [-0.3, -0.25) is 4.79 Å². The Labute approximate surface area is 106 Å². The van der Waals surface area contributed by atoms with Gasteiger partial charge in [0.2, 0.25) is 0 Å². The fourth-order valence-electron chi connectivity index (χ4n) is 1.51. The van der Waals surface area contributed by atoms with E-state index in [-0.39, 0.29) is 18.8 Å². The van der Waals surface area contributed by atoms with Gasteiger partial charge in [-0.2, -0.15) is 0 Å². The third kappa shape index (κ3) is 5.75. The summed E-state index contributed by atoms with van der Waals surface area (Å²) < 4.78 is 17.6. The molecule has 1 aromatic rings. The molecule has 0 aliphatic heterocycles. The second-order valence-corrected chi connectivity index (χ2v) is 3.92. The van der Waals surface area contributed by atoms with Crippen molar-refractivity contribution in [1.29, 1.82) is 0 Å². The van der Waals surface area contributed by atoms with Crippen LogP contribution in [0.3, 0.4) is 0 Å². The Morgan fingerprint density at radius 1 is 1.56 bits per heavy atom. The molecule has 1 aromatic carbocycles. The zero-order valence-corrected chi connectivity index (χ0v) is 10.4. The first-order chi connectivity index (χ1) is 8.61. The predicted octanol–water partition coefficient (Wildman–Crippen LogP) is 1.23. The Bertz CT molecular complexity index is 384. The number of hydrogen-bond donors (Lipinski definition) is 2. The molecule has 5 heteroatoms. The minimum atomic E-state index is -0.794. The minimum Gasteiger partial charge on any atom is -0.466 e. The van der Waals surface area contributed by atoms with Crippen molar-refractivity contribution < 1.29 is 19.0 Å². The summed E-state index contributed by atoms with van der Waals surface area (Å²) >= 11 is 0. The highest BCUT2D eigenvalue weighted by molar-refractivity contribution is 5.69. The smallest absolute Gasteiger partial charge is 0.308 e. The third-order valence-electron chi connectivity index (χ3n) is 2.31. The lowest BCUT2D eigenvalue weighted by molar-refractivity contribution is -0.145. The van der Waals surface area contributed by atoms with Crippen molar-refractivity contribution in [3.63, 3.8) is 0 Å². The van der Waals surface area contributed by atoms with E-state index in [1.807, 2.05) is 0 Å². The molecular weight excluding hydrogens is 237 g/mol. The summed E-state index contributed by atoms with van der Waals surface area (Å²) in [6.07, 6.45) is -0.832. The van der Waals surface area contributed by atoms with E-state index in [0.717, 1.165) is 5.56 Å². The largest absolute Gasteiger partial charge is 0.466 e. The summed E-state index contributed by atoms with van der Waals surface area (Å²) in [5.74, 6) is -0.709. The fraction of sp³-hybridized carbons (Fsp3) is 0.462. The van der Waals surface area contributed by atoms with E-state index < -0.39 is 12.1 Å². The molecule has 0 amide bonds. The van der Waals surface area contributed by atoms with E-state index in [0.29, 0.717) is 13.2 Å². The number of aliphatic hydroxyl groups excluding tert-OH is 1. The van der Waals surface area contributed by atoms with Gasteiger partial charge in [-0.25, -0.2) is 4.39 Å². The van der Waals surface area contributed by atoms with Gasteiger partial charge < -0.3 is 15.2 Å². The van der Waals surface area contributed by atoms with Gasteiger partial charge in [-0.15, -0.1) is 0 Å². The van der Waals surface area contributed by atoms with Crippen LogP contribution in [0.4, 0.5) is 4.39 Å². The molecule has 0 aliphatic carbocycles. The van der Waals surface area contributed by atoms with Crippen molar-refractivity contribution in [2.24, 2.45) is 0 Å². The number of rotatable bonds is 7. The summed E-state index contributed by atoms with van der Waals surface area (Å²) in [4.78, 5) is 11.1. The first kappa shape index (κ1) is 14.6. The summed E-state index contributed by atoms with van der Waals surface area (Å²) in [6, 6.07) is 6.21. The van der Waals surface area contributed by atoms with Crippen LogP contribution in [0.15, 0.2) is 24.3 Å². The van der Waals surface area contributed by atoms with Gasteiger partial charge in [0, 0.05) is 13.1 Å². The van der Waals surface area contributed by atoms with Crippen LogP contribution in [0.5, 0.6) is 0 Å². The Kier molecular flexibility index (Phi) is 6.32. The highest BCUT2D eigenvalue weighted by Crippen LogP contribution is 2.03. The second kappa shape index (κ2) is 7.79. The minimum absolute atomic E-state index is 0.0377. The van der Waals surface area contributed by atoms with Crippen LogP contribution in [0.2, 0.25) is 0 Å². The van der Waals surface area contributed by atoms with Gasteiger partial charge in [0.1, 0.15) is 5.82 Å². The van der Waals surface area contributed by atoms with Gasteiger partial charge in [0.25, 0.3) is 0 Å². The zero-order chi connectivity index (χ0) is 13.4. The van der Waals surface area contributed by atoms with Crippen molar-refractivity contribution in [2.45, 2.75) is 26.0 Å². The van der Waals surface area contributed by atoms with Crippen molar-refractivity contribution in [1.82, 2.24) is 5.32 Å². The average Bonchev–Trinajstić information content (AvgIpc) is 2.29. The maximum Gasteiger partial charge on any atom is 0.308 e. The van der Waals surface area contributed by atoms with Crippen molar-refractivity contribution in [3.8, 4) is 0 Å². The molecule has 0 saturated carbocycles. The molecule has 18 heavy (non-hydrogen) atoms. The van der Waals surface area contributed by atoms with Crippen LogP contribution < -0.4 is 5.32 Å². The molecule has 0 heterocycles. The van der Waals surface area contributed by atoms with Crippen LogP contribution in [-0.4, -0.2) is 30.3 Å². The van der Waals surface area contributed by atoms with Crippen LogP contribution in [0.1, 0.15) is 18.9 Å². The van der Waals surface area contributed by atoms with Gasteiger partial charge in [0.15, 0.2) is 0 Å². The topological polar surface area (TPSA) is 58.6 Å². The van der Waals surface area contributed by atoms with E-state index in [1.54, 1.807) is 19.1 Å². The molecule has 1 unspecified atom stereocenters. The number of nitrogens with one attached hydrogen (secondary N) is 1. The fourth-order valence-corrected chi connectivity index (χ4v) is 1.51. The van der Waals surface area contributed by atoms with E-state index in [4.69, 9.17) is 4.74 Å². The SMILES string of the molecule is CCOC(=O)CC(O)CNCc1cccc(F)c1. The van der Waals surface area contributed by atoms with Crippen molar-refractivity contribution in [3.05, 3.63) is 35.6 Å². The number of ether oxygens (including phenoxy) is 1. The molecule has 0 aliphatic rings. The number of carbonyl (C=O) groups is 1. The Hall–Kier alpha value is -1.46. The molecule has 0 bridgehead atoms. The first-order valence-corrected chi connectivity index (χ1v) is 5.90. The Morgan fingerprint density at radius 2 is 2.33 bits per heavy atom. The zero-order valence-electron chi connectivity index (χ0n) is 10.4. The second-order valence-electron chi connectivity index (χ2n) is 3.92. The van der Waals surface area contributed by atoms with E-state index >= 15 is 0 Å². The number of benzene rings is 1. The number of carbonyl (C=O) groups excluding carboxylic acids is 1. The molecule has 0 radical (unpaired) electrons. The molecule has 0 saturated heterocycles. The molecule has 1 atom stereocenters. The molecule has 100 valence electrons. The van der Waals surface area contributed by atoms with Gasteiger partial charge in [0.05, 0.1) is 19.1 Å². The average molecular weight is 255 g/mol. The quantitative estimate of drug-likeness (QED) is 0.719. The van der Waals surface area contributed by atoms with E-state index in [2.05, 4.69) is 5.32 Å². The van der Waals surface area contributed by atoms with Crippen molar-refractivity contribution >= 4 is 5.97 Å². The van der Waals surface area contributed by atoms with E-state index in [1.165, 1.54) is 12.1 Å². The maximum absolute atomic E-state index is 12.9. The summed E-state index contributed by atoms with van der Waals surface area (Å²) in [7, 11) is 0. The monoisotopic (exact) mass is 255 g/mol. The standard InChI is InChI=1S/C13H18FNO3/c1-2-18-13(17)7-12(16)9-15-8-10-4-3-5-11(14)6-10/h3-6,12,15-16H,2,7-9H2,1H3. The number of aliphatic hydroxyl groups is 1. The Morgan fingerprint density at radius 3 is 3.00 bits per heavy atom. The lowest BCUT2D eigenvalue weighted by atomic mass is 10.2. The third-order valence-corrected chi connectivity index (χ3v) is 2.31. The number of halogens is 1. The molecular formula is C13H18FNO3. The lowest BCUT2D eigenvalue weighted by Gasteiger charge is -2.11. The van der Waals surface area contributed by atoms with Crippen molar-refractivity contribution in [2.75, 3.05) is 13.2 Å². The molecule has 0 spiro atoms. The predicted molar refractivity (Wildman–Crippen MR) is 65.4 cm³/mol. The van der Waals surface area contributed by atoms with Crippen LogP contribution in [-0.2, 0) is 16.1 Å². The van der Waals surface area contributed by atoms with Gasteiger partial charge in [-0.1, -0.05) is 12.1 Å². The molecule has 0 aromatic heterocycles. The van der Waals surface area contributed by atoms with Crippen LogP contribution in [0.25, 0.3) is 0 Å².